The lowest BCUT2D eigenvalue weighted by atomic mass is 9.62. The van der Waals surface area contributed by atoms with Crippen LogP contribution in [0.25, 0.3) is 0 Å². The fraction of sp³-hybridized carbons (Fsp3) is 0.682. The fourth-order valence-electron chi connectivity index (χ4n) is 3.98. The number of fused-ring (bicyclic) bond motifs is 1. The van der Waals surface area contributed by atoms with Gasteiger partial charge in [-0.15, -0.1) is 0 Å². The summed E-state index contributed by atoms with van der Waals surface area (Å²) in [6, 6.07) is 6.72. The molecule has 1 amide bonds. The van der Waals surface area contributed by atoms with Gasteiger partial charge in [-0.05, 0) is 52.7 Å². The summed E-state index contributed by atoms with van der Waals surface area (Å²) < 4.78 is 0. The Labute approximate surface area is 153 Å². The zero-order chi connectivity index (χ0) is 19.0. The van der Waals surface area contributed by atoms with E-state index < -0.39 is 0 Å². The Morgan fingerprint density at radius 1 is 1.12 bits per heavy atom. The van der Waals surface area contributed by atoms with Crippen molar-refractivity contribution in [1.29, 1.82) is 0 Å². The highest BCUT2D eigenvalue weighted by atomic mass is 16.7. The van der Waals surface area contributed by atoms with Crippen LogP contribution in [0, 0.1) is 5.92 Å². The minimum absolute atomic E-state index is 0.0315. The van der Waals surface area contributed by atoms with Gasteiger partial charge in [-0.1, -0.05) is 59.7 Å². The second-order valence-electron chi connectivity index (χ2n) is 9.27. The van der Waals surface area contributed by atoms with Crippen molar-refractivity contribution < 1.29 is 9.63 Å². The molecule has 1 atom stereocenters. The smallest absolute Gasteiger partial charge is 0.253 e. The molecule has 3 heteroatoms. The zero-order valence-corrected chi connectivity index (χ0v) is 17.3. The van der Waals surface area contributed by atoms with Crippen LogP contribution in [0.4, 0.5) is 0 Å². The molecule has 1 unspecified atom stereocenters. The average molecular weight is 346 g/mol. The van der Waals surface area contributed by atoms with Gasteiger partial charge in [-0.3, -0.25) is 9.63 Å². The lowest BCUT2D eigenvalue weighted by molar-refractivity contribution is -0.170. The molecule has 3 nitrogen and oxygen atoms in total. The molecule has 25 heavy (non-hydrogen) atoms. The minimum atomic E-state index is -0.156. The van der Waals surface area contributed by atoms with E-state index in [-0.39, 0.29) is 22.7 Å². The summed E-state index contributed by atoms with van der Waals surface area (Å²) in [5, 5.41) is 1.36. The van der Waals surface area contributed by atoms with E-state index in [9.17, 15) is 4.79 Å². The van der Waals surface area contributed by atoms with E-state index in [1.54, 1.807) is 14.2 Å². The monoisotopic (exact) mass is 345 g/mol. The largest absolute Gasteiger partial charge is 0.275 e. The molecule has 0 aromatic heterocycles. The predicted molar refractivity (Wildman–Crippen MR) is 104 cm³/mol. The number of amides is 1. The summed E-state index contributed by atoms with van der Waals surface area (Å²) in [5.74, 6) is 0.319. The number of hydrogen-bond acceptors (Lipinski definition) is 2. The lowest BCUT2D eigenvalue weighted by Crippen LogP contribution is -2.35. The Balaban J connectivity index is 2.51. The minimum Gasteiger partial charge on any atom is -0.275 e. The first-order valence-electron chi connectivity index (χ1n) is 9.46. The van der Waals surface area contributed by atoms with Gasteiger partial charge in [-0.25, -0.2) is 5.06 Å². The van der Waals surface area contributed by atoms with Crippen LogP contribution in [0.15, 0.2) is 18.2 Å². The molecule has 1 aromatic rings. The normalized spacial score (nSPS) is 19.4. The first-order valence-corrected chi connectivity index (χ1v) is 9.46. The molecule has 1 aromatic carbocycles. The quantitative estimate of drug-likeness (QED) is 0.688. The van der Waals surface area contributed by atoms with Crippen molar-refractivity contribution in [3.05, 3.63) is 34.9 Å². The van der Waals surface area contributed by atoms with Crippen molar-refractivity contribution in [3.8, 4) is 0 Å². The van der Waals surface area contributed by atoms with Gasteiger partial charge < -0.3 is 0 Å². The molecule has 0 N–H and O–H groups in total. The lowest BCUT2D eigenvalue weighted by Gasteiger charge is -2.42. The number of nitrogens with zero attached hydrogens (tertiary/aromatic N) is 1. The third-order valence-corrected chi connectivity index (χ3v) is 5.87. The number of carbonyl (C=O) groups excluding carboxylic acids is 1. The third-order valence-electron chi connectivity index (χ3n) is 5.87. The highest BCUT2D eigenvalue weighted by Gasteiger charge is 2.38. The van der Waals surface area contributed by atoms with Gasteiger partial charge in [-0.2, -0.15) is 0 Å². The number of hydrogen-bond donors (Lipinski definition) is 0. The summed E-state index contributed by atoms with van der Waals surface area (Å²) in [7, 11) is 3.24. The average Bonchev–Trinajstić information content (AvgIpc) is 2.55. The van der Waals surface area contributed by atoms with Gasteiger partial charge in [0.2, 0.25) is 0 Å². The topological polar surface area (TPSA) is 29.5 Å². The van der Waals surface area contributed by atoms with E-state index in [0.717, 1.165) is 12.0 Å². The Hall–Kier alpha value is -1.35. The molecule has 1 aliphatic rings. The van der Waals surface area contributed by atoms with Crippen molar-refractivity contribution in [2.45, 2.75) is 77.6 Å². The Kier molecular flexibility index (Phi) is 5.68. The molecule has 0 bridgehead atoms. The number of likely N-dealkylation sites (N-methyl/N-ethyl adjacent to an activating group) is 1. The van der Waals surface area contributed by atoms with E-state index in [0.29, 0.717) is 5.92 Å². The van der Waals surface area contributed by atoms with Crippen LogP contribution in [-0.4, -0.2) is 25.1 Å². The summed E-state index contributed by atoms with van der Waals surface area (Å²) >= 11 is 0. The van der Waals surface area contributed by atoms with E-state index in [1.165, 1.54) is 29.0 Å². The standard InChI is InChI=1S/C22H35NO2/c1-15(2)13-17(20(24)23(7)25-8)16-9-10-18-19(14-16)22(5,6)12-11-21(18,3)4/h9-10,14-15,17H,11-13H2,1-8H3. The number of carbonyl (C=O) groups is 1. The van der Waals surface area contributed by atoms with E-state index >= 15 is 0 Å². The summed E-state index contributed by atoms with van der Waals surface area (Å²) in [4.78, 5) is 18.0. The molecule has 0 radical (unpaired) electrons. The first kappa shape index (κ1) is 20.0. The van der Waals surface area contributed by atoms with Gasteiger partial charge in [0.05, 0.1) is 13.0 Å². The molecule has 0 saturated carbocycles. The van der Waals surface area contributed by atoms with Gasteiger partial charge in [0.1, 0.15) is 0 Å². The summed E-state index contributed by atoms with van der Waals surface area (Å²) in [6.45, 7) is 13.6. The van der Waals surface area contributed by atoms with Crippen LogP contribution < -0.4 is 0 Å². The molecule has 0 saturated heterocycles. The summed E-state index contributed by atoms with van der Waals surface area (Å²) in [6.07, 6.45) is 3.21. The highest BCUT2D eigenvalue weighted by molar-refractivity contribution is 5.82. The zero-order valence-electron chi connectivity index (χ0n) is 17.3. The van der Waals surface area contributed by atoms with Crippen molar-refractivity contribution in [3.63, 3.8) is 0 Å². The van der Waals surface area contributed by atoms with Crippen molar-refractivity contribution in [1.82, 2.24) is 5.06 Å². The molecular formula is C22H35NO2. The highest BCUT2D eigenvalue weighted by Crippen LogP contribution is 2.46. The van der Waals surface area contributed by atoms with Crippen LogP contribution in [0.3, 0.4) is 0 Å². The van der Waals surface area contributed by atoms with Crippen LogP contribution in [0.5, 0.6) is 0 Å². The molecule has 0 fully saturated rings. The van der Waals surface area contributed by atoms with Gasteiger partial charge in [0, 0.05) is 7.05 Å². The number of rotatable bonds is 5. The molecule has 0 heterocycles. The molecule has 0 spiro atoms. The molecular weight excluding hydrogens is 310 g/mol. The van der Waals surface area contributed by atoms with Gasteiger partial charge >= 0.3 is 0 Å². The maximum Gasteiger partial charge on any atom is 0.253 e. The maximum atomic E-state index is 12.9. The molecule has 2 rings (SSSR count). The second-order valence-corrected chi connectivity index (χ2v) is 9.27. The van der Waals surface area contributed by atoms with Crippen LogP contribution in [-0.2, 0) is 20.5 Å². The van der Waals surface area contributed by atoms with E-state index in [2.05, 4.69) is 59.7 Å². The SMILES string of the molecule is CON(C)C(=O)C(CC(C)C)c1ccc2c(c1)C(C)(C)CCC2(C)C. The summed E-state index contributed by atoms with van der Waals surface area (Å²) in [5.41, 5.74) is 4.31. The Morgan fingerprint density at radius 3 is 2.20 bits per heavy atom. The first-order chi connectivity index (χ1) is 11.5. The van der Waals surface area contributed by atoms with Crippen molar-refractivity contribution in [2.24, 2.45) is 5.92 Å². The van der Waals surface area contributed by atoms with Crippen LogP contribution >= 0.6 is 0 Å². The fourth-order valence-corrected chi connectivity index (χ4v) is 3.98. The maximum absolute atomic E-state index is 12.9. The predicted octanol–water partition coefficient (Wildman–Crippen LogP) is 5.19. The Bertz CT molecular complexity index is 631. The Morgan fingerprint density at radius 2 is 1.68 bits per heavy atom. The van der Waals surface area contributed by atoms with Crippen molar-refractivity contribution in [2.75, 3.05) is 14.2 Å². The van der Waals surface area contributed by atoms with E-state index in [4.69, 9.17) is 4.84 Å². The van der Waals surface area contributed by atoms with Crippen LogP contribution in [0.2, 0.25) is 0 Å². The third kappa shape index (κ3) is 4.08. The van der Waals surface area contributed by atoms with E-state index in [1.807, 2.05) is 0 Å². The number of benzene rings is 1. The molecule has 1 aliphatic carbocycles. The van der Waals surface area contributed by atoms with Crippen LogP contribution in [0.1, 0.15) is 83.4 Å². The number of hydroxylamine groups is 2. The molecule has 140 valence electrons. The molecule has 0 aliphatic heterocycles. The van der Waals surface area contributed by atoms with Gasteiger partial charge in [0.15, 0.2) is 0 Å². The van der Waals surface area contributed by atoms with Gasteiger partial charge in [0.25, 0.3) is 5.91 Å². The second kappa shape index (κ2) is 7.11. The van der Waals surface area contributed by atoms with Crippen molar-refractivity contribution >= 4 is 5.91 Å².